The van der Waals surface area contributed by atoms with Crippen LogP contribution in [0.25, 0.3) is 11.1 Å². The summed E-state index contributed by atoms with van der Waals surface area (Å²) >= 11 is -8.94. The van der Waals surface area contributed by atoms with Gasteiger partial charge in [-0.05, 0) is 52.8 Å². The summed E-state index contributed by atoms with van der Waals surface area (Å²) in [6.07, 6.45) is 13.6. The Morgan fingerprint density at radius 1 is 0.750 bits per heavy atom. The molecule has 208 valence electrons. The van der Waals surface area contributed by atoms with Gasteiger partial charge in [-0.1, -0.05) is 101 Å². The Kier molecular flexibility index (Phi) is 13.9. The molecule has 0 radical (unpaired) electrons. The van der Waals surface area contributed by atoms with Crippen molar-refractivity contribution >= 4 is 42.1 Å². The predicted molar refractivity (Wildman–Crippen MR) is 145 cm³/mol. The zero-order valence-electron chi connectivity index (χ0n) is 20.6. The summed E-state index contributed by atoms with van der Waals surface area (Å²) in [5.74, 6) is 0.843. The average molecular weight is 744 g/mol. The third-order valence-corrected chi connectivity index (χ3v) is 6.08. The van der Waals surface area contributed by atoms with E-state index in [2.05, 4.69) is 59.8 Å². The molecule has 0 bridgehead atoms. The van der Waals surface area contributed by atoms with Crippen molar-refractivity contribution in [1.29, 1.82) is 0 Å². The van der Waals surface area contributed by atoms with E-state index in [1.54, 1.807) is 0 Å². The molecular weight excluding hydrogens is 707 g/mol. The Hall–Kier alpha value is -0.672. The number of halogens is 7. The molecule has 36 heavy (non-hydrogen) atoms. The molecule has 0 aromatic heterocycles. The van der Waals surface area contributed by atoms with Crippen LogP contribution in [0.15, 0.2) is 48.5 Å². The molecule has 0 spiro atoms. The van der Waals surface area contributed by atoms with Crippen molar-refractivity contribution in [3.63, 3.8) is 0 Å². The Morgan fingerprint density at radius 3 is 1.75 bits per heavy atom. The Bertz CT molecular complexity index is 865. The molecule has 0 saturated heterocycles. The van der Waals surface area contributed by atoms with E-state index in [0.717, 1.165) is 29.7 Å². The number of aliphatic hydroxyl groups excluding tert-OH is 1. The van der Waals surface area contributed by atoms with Gasteiger partial charge in [-0.15, -0.1) is 0 Å². The van der Waals surface area contributed by atoms with Crippen molar-refractivity contribution in [2.24, 2.45) is 0 Å². The molecule has 2 nitrogen and oxygen atoms in total. The minimum absolute atomic E-state index is 0.360. The van der Waals surface area contributed by atoms with Crippen LogP contribution in [0.4, 0.5) is 16.9 Å². The summed E-state index contributed by atoms with van der Waals surface area (Å²) in [7, 11) is 0. The second kappa shape index (κ2) is 15.1. The van der Waals surface area contributed by atoms with Gasteiger partial charge in [0.2, 0.25) is 0 Å². The standard InChI is InChI=1S/C26H37IO2.6FH.Sb/c1-2-3-4-5-6-7-8-9-10-11-14-24(28)21-29-26-16-13-12-15-25(26)22-17-19-23(27)20-18-22;;;;;;;/h12-13,15-20,24,28H,2-11,14,21H2,1H3;6*1H;/q;;;;;;;+5/p-6. The van der Waals surface area contributed by atoms with Crippen LogP contribution in [0.3, 0.4) is 0 Å². The van der Waals surface area contributed by atoms with Crippen LogP contribution in [0, 0.1) is 3.57 Å². The number of rotatable bonds is 15. The third-order valence-electron chi connectivity index (χ3n) is 5.36. The van der Waals surface area contributed by atoms with Gasteiger partial charge in [0, 0.05) is 9.13 Å². The summed E-state index contributed by atoms with van der Waals surface area (Å²) in [6.45, 7) is 2.63. The summed E-state index contributed by atoms with van der Waals surface area (Å²) in [6, 6.07) is 16.5. The van der Waals surface area contributed by atoms with Gasteiger partial charge in [-0.3, -0.25) is 0 Å². The number of hydrogen-bond acceptors (Lipinski definition) is 2. The van der Waals surface area contributed by atoms with Gasteiger partial charge in [-0.2, -0.15) is 0 Å². The second-order valence-corrected chi connectivity index (χ2v) is 15.6. The van der Waals surface area contributed by atoms with Crippen LogP contribution in [-0.2, 0) is 0 Å². The van der Waals surface area contributed by atoms with Gasteiger partial charge < -0.3 is 9.84 Å². The summed E-state index contributed by atoms with van der Waals surface area (Å²) in [4.78, 5) is 0. The molecule has 1 unspecified atom stereocenters. The predicted octanol–water partition coefficient (Wildman–Crippen LogP) is 10.1. The molecule has 1 atom stereocenters. The number of ether oxygens (including phenoxy) is 1. The van der Waals surface area contributed by atoms with Gasteiger partial charge in [0.15, 0.2) is 0 Å². The molecule has 2 aromatic rings. The first kappa shape index (κ1) is 33.4. The topological polar surface area (TPSA) is 29.5 Å². The SMILES string of the molecule is CCCCCCCCCCCCC(O)COc1ccccc1-c1ccc(I)cc1.[F][Sb-]([F])([F])([F])([F])[F]. The first-order chi connectivity index (χ1) is 16.7. The molecule has 0 aliphatic heterocycles. The Morgan fingerprint density at radius 2 is 1.22 bits per heavy atom. The van der Waals surface area contributed by atoms with Crippen molar-refractivity contribution in [2.45, 2.75) is 83.7 Å². The fourth-order valence-corrected chi connectivity index (χ4v) is 3.96. The molecule has 2 rings (SSSR count). The van der Waals surface area contributed by atoms with E-state index in [0.29, 0.717) is 6.61 Å². The van der Waals surface area contributed by atoms with Gasteiger partial charge in [0.25, 0.3) is 0 Å². The number of hydrogen-bond donors (Lipinski definition) is 1. The van der Waals surface area contributed by atoms with E-state index in [1.807, 2.05) is 18.2 Å². The van der Waals surface area contributed by atoms with Crippen molar-refractivity contribution in [1.82, 2.24) is 0 Å². The number of unbranched alkanes of at least 4 members (excludes halogenated alkanes) is 9. The molecule has 0 fully saturated rings. The average Bonchev–Trinajstić information content (AvgIpc) is 2.77. The summed E-state index contributed by atoms with van der Waals surface area (Å²) in [5.41, 5.74) is 2.22. The van der Waals surface area contributed by atoms with Gasteiger partial charge in [0.1, 0.15) is 12.4 Å². The summed E-state index contributed by atoms with van der Waals surface area (Å²) in [5, 5.41) is 10.3. The molecule has 0 aliphatic carbocycles. The zero-order valence-corrected chi connectivity index (χ0v) is 25.3. The fourth-order valence-electron chi connectivity index (χ4n) is 3.60. The number of aliphatic hydroxyl groups is 1. The van der Waals surface area contributed by atoms with Gasteiger partial charge in [0.05, 0.1) is 6.10 Å². The monoisotopic (exact) mass is 743 g/mol. The van der Waals surface area contributed by atoms with Crippen molar-refractivity contribution in [2.75, 3.05) is 6.61 Å². The van der Waals surface area contributed by atoms with E-state index in [-0.39, 0.29) is 0 Å². The van der Waals surface area contributed by atoms with Gasteiger partial charge >= 0.3 is 36.4 Å². The Labute approximate surface area is 226 Å². The molecular formula is C26H37F6IO2Sb-. The second-order valence-electron chi connectivity index (χ2n) is 8.90. The zero-order chi connectivity index (χ0) is 27.1. The normalized spacial score (nSPS) is 14.2. The van der Waals surface area contributed by atoms with Crippen LogP contribution in [0.2, 0.25) is 0 Å². The third kappa shape index (κ3) is 20.4. The van der Waals surface area contributed by atoms with Crippen molar-refractivity contribution in [3.05, 3.63) is 52.1 Å². The maximum absolute atomic E-state index is 11.2. The molecule has 0 saturated carbocycles. The fraction of sp³-hybridized carbons (Fsp3) is 0.538. The maximum atomic E-state index is 10.3. The molecule has 0 aliphatic rings. The molecule has 1 N–H and O–H groups in total. The molecule has 10 heteroatoms. The first-order valence-corrected chi connectivity index (χ1v) is 19.2. The van der Waals surface area contributed by atoms with Crippen molar-refractivity contribution < 1.29 is 26.7 Å². The minimum atomic E-state index is -11.2. The number of benzene rings is 2. The van der Waals surface area contributed by atoms with Crippen LogP contribution in [0.1, 0.15) is 77.6 Å². The van der Waals surface area contributed by atoms with Crippen molar-refractivity contribution in [3.8, 4) is 16.9 Å². The number of para-hydroxylation sites is 1. The quantitative estimate of drug-likeness (QED) is 0.0852. The van der Waals surface area contributed by atoms with Gasteiger partial charge in [-0.25, -0.2) is 0 Å². The summed E-state index contributed by atoms with van der Waals surface area (Å²) < 4.78 is 66.7. The van der Waals surface area contributed by atoms with E-state index in [1.165, 1.54) is 61.4 Å². The molecule has 0 heterocycles. The molecule has 2 aromatic carbocycles. The van der Waals surface area contributed by atoms with E-state index < -0.39 is 25.6 Å². The Balaban J connectivity index is 0.000000809. The van der Waals surface area contributed by atoms with Crippen LogP contribution >= 0.6 is 22.6 Å². The molecule has 0 amide bonds. The van der Waals surface area contributed by atoms with E-state index in [9.17, 15) is 22.0 Å². The first-order valence-electron chi connectivity index (χ1n) is 12.4. The van der Waals surface area contributed by atoms with E-state index >= 15 is 0 Å². The van der Waals surface area contributed by atoms with Crippen LogP contribution in [0.5, 0.6) is 5.75 Å². The van der Waals surface area contributed by atoms with Crippen LogP contribution < -0.4 is 4.74 Å². The van der Waals surface area contributed by atoms with Crippen LogP contribution in [-0.4, -0.2) is 37.3 Å². The van der Waals surface area contributed by atoms with E-state index in [4.69, 9.17) is 4.74 Å².